The maximum absolute atomic E-state index is 12.9. The first-order valence-electron chi connectivity index (χ1n) is 12.2. The summed E-state index contributed by atoms with van der Waals surface area (Å²) in [5.74, 6) is 1.64. The molecular weight excluding hydrogens is 530 g/mol. The van der Waals surface area contributed by atoms with Gasteiger partial charge in [-0.1, -0.05) is 11.8 Å². The number of thioether (sulfide) groups is 1. The first kappa shape index (κ1) is 27.9. The van der Waals surface area contributed by atoms with E-state index in [0.717, 1.165) is 0 Å². The van der Waals surface area contributed by atoms with Crippen LogP contribution in [0.2, 0.25) is 0 Å². The number of hydrogen-bond acceptors (Lipinski definition) is 9. The van der Waals surface area contributed by atoms with Gasteiger partial charge in [-0.15, -0.1) is 10.2 Å². The van der Waals surface area contributed by atoms with Gasteiger partial charge in [-0.3, -0.25) is 4.79 Å². The van der Waals surface area contributed by atoms with Gasteiger partial charge in [0.1, 0.15) is 11.5 Å². The van der Waals surface area contributed by atoms with Crippen LogP contribution in [0.5, 0.6) is 11.5 Å². The lowest BCUT2D eigenvalue weighted by molar-refractivity contribution is -0.113. The molecule has 0 spiro atoms. The average Bonchev–Trinajstić information content (AvgIpc) is 3.29. The molecule has 2 aromatic carbocycles. The standard InChI is InChI=1S/C25H31N5O6S2/c1-4-35-19-8-11-22(36-5-2)21(16-19)26-23(31)17-37-25-28-27-24(29(25)3)18-6-9-20(10-7-18)38(32,33)30-12-14-34-15-13-30/h6-11,16H,4-5,12-15,17H2,1-3H3,(H,26,31). The summed E-state index contributed by atoms with van der Waals surface area (Å²) in [5, 5.41) is 11.9. The Morgan fingerprint density at radius 2 is 1.76 bits per heavy atom. The maximum Gasteiger partial charge on any atom is 0.243 e. The highest BCUT2D eigenvalue weighted by molar-refractivity contribution is 7.99. The molecule has 204 valence electrons. The summed E-state index contributed by atoms with van der Waals surface area (Å²) in [6, 6.07) is 11.9. The monoisotopic (exact) mass is 561 g/mol. The zero-order valence-corrected chi connectivity index (χ0v) is 23.2. The topological polar surface area (TPSA) is 125 Å². The molecule has 1 saturated heterocycles. The number of morpholine rings is 1. The van der Waals surface area contributed by atoms with Crippen molar-refractivity contribution in [2.24, 2.45) is 7.05 Å². The number of ether oxygens (including phenoxy) is 3. The van der Waals surface area contributed by atoms with Crippen molar-refractivity contribution in [2.45, 2.75) is 23.9 Å². The number of sulfonamides is 1. The minimum atomic E-state index is -3.58. The van der Waals surface area contributed by atoms with E-state index < -0.39 is 10.0 Å². The third kappa shape index (κ3) is 6.46. The third-order valence-electron chi connectivity index (χ3n) is 5.72. The summed E-state index contributed by atoms with van der Waals surface area (Å²) in [7, 11) is -1.78. The Bertz CT molecular complexity index is 1360. The minimum Gasteiger partial charge on any atom is -0.494 e. The Morgan fingerprint density at radius 1 is 1.05 bits per heavy atom. The van der Waals surface area contributed by atoms with Crippen molar-refractivity contribution in [3.8, 4) is 22.9 Å². The molecule has 13 heteroatoms. The summed E-state index contributed by atoms with van der Waals surface area (Å²) in [4.78, 5) is 12.9. The van der Waals surface area contributed by atoms with Gasteiger partial charge in [0.25, 0.3) is 0 Å². The molecule has 0 bridgehead atoms. The lowest BCUT2D eigenvalue weighted by Crippen LogP contribution is -2.40. The van der Waals surface area contributed by atoms with Crippen LogP contribution in [0.25, 0.3) is 11.4 Å². The van der Waals surface area contributed by atoms with Crippen LogP contribution in [0.3, 0.4) is 0 Å². The second kappa shape index (κ2) is 12.6. The van der Waals surface area contributed by atoms with Gasteiger partial charge < -0.3 is 24.1 Å². The van der Waals surface area contributed by atoms with Crippen LogP contribution >= 0.6 is 11.8 Å². The molecule has 1 fully saturated rings. The van der Waals surface area contributed by atoms with Crippen LogP contribution in [-0.2, 0) is 26.6 Å². The van der Waals surface area contributed by atoms with Gasteiger partial charge in [0.05, 0.1) is 42.8 Å². The van der Waals surface area contributed by atoms with Gasteiger partial charge in [-0.2, -0.15) is 4.31 Å². The fourth-order valence-electron chi connectivity index (χ4n) is 3.86. The number of nitrogens with zero attached hydrogens (tertiary/aromatic N) is 4. The van der Waals surface area contributed by atoms with E-state index in [9.17, 15) is 13.2 Å². The van der Waals surface area contributed by atoms with Crippen LogP contribution in [-0.4, -0.2) is 78.7 Å². The van der Waals surface area contributed by atoms with Gasteiger partial charge in [0.2, 0.25) is 15.9 Å². The fraction of sp³-hybridized carbons (Fsp3) is 0.400. The predicted octanol–water partition coefficient (Wildman–Crippen LogP) is 3.03. The van der Waals surface area contributed by atoms with Gasteiger partial charge in [0, 0.05) is 31.8 Å². The van der Waals surface area contributed by atoms with E-state index in [-0.39, 0.29) is 16.6 Å². The number of hydrogen-bond donors (Lipinski definition) is 1. The zero-order valence-electron chi connectivity index (χ0n) is 21.5. The predicted molar refractivity (Wildman–Crippen MR) is 144 cm³/mol. The molecule has 0 radical (unpaired) electrons. The summed E-state index contributed by atoms with van der Waals surface area (Å²) in [6.45, 7) is 6.21. The van der Waals surface area contributed by atoms with Crippen molar-refractivity contribution >= 4 is 33.4 Å². The molecule has 1 aromatic heterocycles. The molecule has 1 amide bonds. The summed E-state index contributed by atoms with van der Waals surface area (Å²) in [5.41, 5.74) is 1.25. The number of benzene rings is 2. The van der Waals surface area contributed by atoms with Crippen molar-refractivity contribution in [1.82, 2.24) is 19.1 Å². The second-order valence-electron chi connectivity index (χ2n) is 8.27. The zero-order chi connectivity index (χ0) is 27.1. The van der Waals surface area contributed by atoms with Crippen LogP contribution in [0.1, 0.15) is 13.8 Å². The number of anilines is 1. The van der Waals surface area contributed by atoms with Gasteiger partial charge in [-0.25, -0.2) is 8.42 Å². The van der Waals surface area contributed by atoms with Crippen LogP contribution in [0, 0.1) is 0 Å². The van der Waals surface area contributed by atoms with E-state index in [4.69, 9.17) is 14.2 Å². The highest BCUT2D eigenvalue weighted by Crippen LogP contribution is 2.30. The van der Waals surface area contributed by atoms with Crippen molar-refractivity contribution in [2.75, 3.05) is 50.6 Å². The van der Waals surface area contributed by atoms with Crippen molar-refractivity contribution in [3.05, 3.63) is 42.5 Å². The number of nitrogens with one attached hydrogen (secondary N) is 1. The Kier molecular flexibility index (Phi) is 9.26. The quantitative estimate of drug-likeness (QED) is 0.352. The Labute approximate surface area is 226 Å². The third-order valence-corrected chi connectivity index (χ3v) is 8.66. The molecule has 0 saturated carbocycles. The first-order chi connectivity index (χ1) is 18.3. The van der Waals surface area contributed by atoms with E-state index in [1.54, 1.807) is 54.1 Å². The fourth-order valence-corrected chi connectivity index (χ4v) is 5.98. The molecule has 38 heavy (non-hydrogen) atoms. The van der Waals surface area contributed by atoms with Crippen molar-refractivity contribution < 1.29 is 27.4 Å². The largest absolute Gasteiger partial charge is 0.494 e. The van der Waals surface area contributed by atoms with Crippen LogP contribution in [0.15, 0.2) is 52.5 Å². The molecule has 3 aromatic rings. The van der Waals surface area contributed by atoms with E-state index in [0.29, 0.717) is 73.2 Å². The number of amides is 1. The average molecular weight is 562 g/mol. The Hall–Kier alpha value is -3.13. The Balaban J connectivity index is 1.41. The molecule has 0 atom stereocenters. The molecule has 1 N–H and O–H groups in total. The first-order valence-corrected chi connectivity index (χ1v) is 14.7. The maximum atomic E-state index is 12.9. The van der Waals surface area contributed by atoms with E-state index >= 15 is 0 Å². The summed E-state index contributed by atoms with van der Waals surface area (Å²) >= 11 is 1.24. The van der Waals surface area contributed by atoms with Gasteiger partial charge in [-0.05, 0) is 50.2 Å². The molecule has 1 aliphatic rings. The summed E-state index contributed by atoms with van der Waals surface area (Å²) in [6.07, 6.45) is 0. The van der Waals surface area contributed by atoms with Crippen molar-refractivity contribution in [1.29, 1.82) is 0 Å². The molecule has 0 unspecified atom stereocenters. The molecule has 4 rings (SSSR count). The van der Waals surface area contributed by atoms with E-state index in [1.165, 1.54) is 16.1 Å². The summed E-state index contributed by atoms with van der Waals surface area (Å²) < 4.78 is 45.4. The van der Waals surface area contributed by atoms with Gasteiger partial charge in [0.15, 0.2) is 11.0 Å². The lowest BCUT2D eigenvalue weighted by atomic mass is 10.2. The number of carbonyl (C=O) groups is 1. The smallest absolute Gasteiger partial charge is 0.243 e. The van der Waals surface area contributed by atoms with E-state index in [2.05, 4.69) is 15.5 Å². The van der Waals surface area contributed by atoms with Crippen LogP contribution in [0.4, 0.5) is 5.69 Å². The SMILES string of the molecule is CCOc1ccc(OCC)c(NC(=O)CSc2nnc(-c3ccc(S(=O)(=O)N4CCOCC4)cc3)n2C)c1. The number of carbonyl (C=O) groups excluding carboxylic acids is 1. The molecular formula is C25H31N5O6S2. The molecule has 11 nitrogen and oxygen atoms in total. The lowest BCUT2D eigenvalue weighted by Gasteiger charge is -2.26. The highest BCUT2D eigenvalue weighted by Gasteiger charge is 2.26. The molecule has 2 heterocycles. The second-order valence-corrected chi connectivity index (χ2v) is 11.1. The normalized spacial score (nSPS) is 14.3. The minimum absolute atomic E-state index is 0.104. The van der Waals surface area contributed by atoms with Crippen molar-refractivity contribution in [3.63, 3.8) is 0 Å². The Morgan fingerprint density at radius 3 is 2.45 bits per heavy atom. The highest BCUT2D eigenvalue weighted by atomic mass is 32.2. The number of rotatable bonds is 11. The molecule has 0 aliphatic carbocycles. The van der Waals surface area contributed by atoms with Crippen LogP contribution < -0.4 is 14.8 Å². The number of aromatic nitrogens is 3. The van der Waals surface area contributed by atoms with E-state index in [1.807, 2.05) is 13.8 Å². The van der Waals surface area contributed by atoms with Gasteiger partial charge >= 0.3 is 0 Å². The molecule has 1 aliphatic heterocycles.